The second-order valence-corrected chi connectivity index (χ2v) is 9.37. The predicted molar refractivity (Wildman–Crippen MR) is 127 cm³/mol. The molecular formula is C27H32N2O3. The molecule has 2 amide bonds. The number of nitrogens with zero attached hydrogens (tertiary/aromatic N) is 2. The van der Waals surface area contributed by atoms with Crippen LogP contribution in [0.15, 0.2) is 48.2 Å². The molecule has 5 nitrogen and oxygen atoms in total. The van der Waals surface area contributed by atoms with E-state index in [2.05, 4.69) is 13.8 Å². The Kier molecular flexibility index (Phi) is 6.20. The van der Waals surface area contributed by atoms with Crippen molar-refractivity contribution in [3.8, 4) is 0 Å². The van der Waals surface area contributed by atoms with Gasteiger partial charge in [-0.25, -0.2) is 4.90 Å². The summed E-state index contributed by atoms with van der Waals surface area (Å²) in [5, 5.41) is 9.72. The first-order valence-corrected chi connectivity index (χ1v) is 11.5. The molecule has 168 valence electrons. The summed E-state index contributed by atoms with van der Waals surface area (Å²) in [6.07, 6.45) is 1.82. The summed E-state index contributed by atoms with van der Waals surface area (Å²) in [6.45, 7) is 9.62. The quantitative estimate of drug-likeness (QED) is 0.711. The lowest BCUT2D eigenvalue weighted by molar-refractivity contribution is -0.120. The van der Waals surface area contributed by atoms with E-state index >= 15 is 0 Å². The first kappa shape index (κ1) is 22.3. The van der Waals surface area contributed by atoms with E-state index in [4.69, 9.17) is 0 Å². The standard InChI is InChI=1S/C27H32N2O3/c1-17(2)21-8-10-22(11-9-21)29-26(31)24(23-12-7-18(3)14-19(23)4)25(27(29)32)28-13-5-6-20(15-28)16-30/h7-12,14,17,20,30H,5-6,13,15-16H2,1-4H3. The second kappa shape index (κ2) is 8.91. The van der Waals surface area contributed by atoms with Crippen LogP contribution in [-0.2, 0) is 9.59 Å². The van der Waals surface area contributed by atoms with Gasteiger partial charge in [0.05, 0.1) is 11.3 Å². The summed E-state index contributed by atoms with van der Waals surface area (Å²) >= 11 is 0. The first-order valence-electron chi connectivity index (χ1n) is 11.5. The van der Waals surface area contributed by atoms with Crippen molar-refractivity contribution in [2.24, 2.45) is 5.92 Å². The minimum absolute atomic E-state index is 0.0885. The Morgan fingerprint density at radius 2 is 1.75 bits per heavy atom. The van der Waals surface area contributed by atoms with Gasteiger partial charge in [-0.15, -0.1) is 0 Å². The van der Waals surface area contributed by atoms with Crippen molar-refractivity contribution in [1.29, 1.82) is 0 Å². The van der Waals surface area contributed by atoms with E-state index in [1.165, 1.54) is 4.90 Å². The summed E-state index contributed by atoms with van der Waals surface area (Å²) < 4.78 is 0. The van der Waals surface area contributed by atoms with E-state index in [1.54, 1.807) is 0 Å². The fourth-order valence-electron chi connectivity index (χ4n) is 4.81. The third kappa shape index (κ3) is 3.97. The number of hydrogen-bond acceptors (Lipinski definition) is 4. The minimum Gasteiger partial charge on any atom is -0.396 e. The summed E-state index contributed by atoms with van der Waals surface area (Å²) in [5.74, 6) is -0.0719. The highest BCUT2D eigenvalue weighted by Crippen LogP contribution is 2.38. The van der Waals surface area contributed by atoms with Crippen LogP contribution in [0.1, 0.15) is 54.9 Å². The summed E-state index contributed by atoms with van der Waals surface area (Å²) in [5.41, 5.74) is 5.59. The highest BCUT2D eigenvalue weighted by molar-refractivity contribution is 6.45. The summed E-state index contributed by atoms with van der Waals surface area (Å²) in [7, 11) is 0. The van der Waals surface area contributed by atoms with Crippen molar-refractivity contribution in [2.75, 3.05) is 24.6 Å². The van der Waals surface area contributed by atoms with Gasteiger partial charge in [0.2, 0.25) is 0 Å². The zero-order chi connectivity index (χ0) is 23.0. The van der Waals surface area contributed by atoms with E-state index in [1.807, 2.05) is 61.2 Å². The maximum absolute atomic E-state index is 13.7. The van der Waals surface area contributed by atoms with Crippen LogP contribution >= 0.6 is 0 Å². The maximum atomic E-state index is 13.7. The van der Waals surface area contributed by atoms with Gasteiger partial charge in [0.1, 0.15) is 5.70 Å². The Hall–Kier alpha value is -2.92. The number of benzene rings is 2. The predicted octanol–water partition coefficient (Wildman–Crippen LogP) is 4.42. The highest BCUT2D eigenvalue weighted by atomic mass is 16.3. The molecule has 0 aromatic heterocycles. The number of amides is 2. The molecule has 1 fully saturated rings. The Morgan fingerprint density at radius 3 is 2.38 bits per heavy atom. The molecule has 0 saturated carbocycles. The topological polar surface area (TPSA) is 60.9 Å². The molecule has 4 rings (SSSR count). The van der Waals surface area contributed by atoms with Gasteiger partial charge in [0, 0.05) is 19.7 Å². The molecule has 1 saturated heterocycles. The number of hydrogen-bond donors (Lipinski definition) is 1. The molecule has 2 heterocycles. The van der Waals surface area contributed by atoms with Gasteiger partial charge in [-0.1, -0.05) is 49.7 Å². The zero-order valence-corrected chi connectivity index (χ0v) is 19.4. The van der Waals surface area contributed by atoms with E-state index in [0.717, 1.165) is 35.1 Å². The third-order valence-electron chi connectivity index (χ3n) is 6.62. The van der Waals surface area contributed by atoms with Gasteiger partial charge in [-0.2, -0.15) is 0 Å². The fourth-order valence-corrected chi connectivity index (χ4v) is 4.81. The van der Waals surface area contributed by atoms with Crippen LogP contribution < -0.4 is 4.90 Å². The van der Waals surface area contributed by atoms with Gasteiger partial charge in [-0.3, -0.25) is 9.59 Å². The Labute approximate surface area is 190 Å². The SMILES string of the molecule is Cc1ccc(C2=C(N3CCCC(CO)C3)C(=O)N(c3ccc(C(C)C)cc3)C2=O)c(C)c1. The van der Waals surface area contributed by atoms with Crippen LogP contribution in [-0.4, -0.2) is 41.5 Å². The van der Waals surface area contributed by atoms with Crippen LogP contribution in [0.3, 0.4) is 0 Å². The second-order valence-electron chi connectivity index (χ2n) is 9.37. The number of aryl methyl sites for hydroxylation is 2. The fraction of sp³-hybridized carbons (Fsp3) is 0.407. The molecule has 1 unspecified atom stereocenters. The summed E-state index contributed by atoms with van der Waals surface area (Å²) in [6, 6.07) is 13.7. The number of aliphatic hydroxyl groups is 1. The number of imide groups is 1. The molecule has 32 heavy (non-hydrogen) atoms. The van der Waals surface area contributed by atoms with Crippen LogP contribution in [0.5, 0.6) is 0 Å². The van der Waals surface area contributed by atoms with Gasteiger partial charge in [-0.05, 0) is 67.3 Å². The van der Waals surface area contributed by atoms with Crippen molar-refractivity contribution >= 4 is 23.1 Å². The van der Waals surface area contributed by atoms with E-state index < -0.39 is 0 Å². The molecule has 5 heteroatoms. The van der Waals surface area contributed by atoms with Crippen LogP contribution in [0.25, 0.3) is 5.57 Å². The van der Waals surface area contributed by atoms with Crippen LogP contribution in [0.2, 0.25) is 0 Å². The van der Waals surface area contributed by atoms with Crippen LogP contribution in [0, 0.1) is 19.8 Å². The van der Waals surface area contributed by atoms with Gasteiger partial charge >= 0.3 is 0 Å². The molecule has 0 bridgehead atoms. The van der Waals surface area contributed by atoms with Crippen molar-refractivity contribution in [3.63, 3.8) is 0 Å². The largest absolute Gasteiger partial charge is 0.396 e. The maximum Gasteiger partial charge on any atom is 0.282 e. The van der Waals surface area contributed by atoms with Gasteiger partial charge in [0.25, 0.3) is 11.8 Å². The number of rotatable bonds is 5. The Morgan fingerprint density at radius 1 is 1.03 bits per heavy atom. The number of piperidine rings is 1. The van der Waals surface area contributed by atoms with E-state index in [9.17, 15) is 14.7 Å². The molecule has 0 radical (unpaired) electrons. The van der Waals surface area contributed by atoms with Gasteiger partial charge in [0.15, 0.2) is 0 Å². The number of carbonyl (C=O) groups is 2. The molecule has 2 aliphatic heterocycles. The van der Waals surface area contributed by atoms with Crippen molar-refractivity contribution in [2.45, 2.75) is 46.5 Å². The smallest absolute Gasteiger partial charge is 0.282 e. The number of aliphatic hydroxyl groups excluding tert-OH is 1. The molecular weight excluding hydrogens is 400 g/mol. The lowest BCUT2D eigenvalue weighted by atomic mass is 9.95. The van der Waals surface area contributed by atoms with Gasteiger partial charge < -0.3 is 10.0 Å². The van der Waals surface area contributed by atoms with Crippen LogP contribution in [0.4, 0.5) is 5.69 Å². The lowest BCUT2D eigenvalue weighted by Crippen LogP contribution is -2.40. The summed E-state index contributed by atoms with van der Waals surface area (Å²) in [4.78, 5) is 30.8. The number of likely N-dealkylation sites (tertiary alicyclic amines) is 1. The van der Waals surface area contributed by atoms with E-state index in [0.29, 0.717) is 36.0 Å². The zero-order valence-electron chi connectivity index (χ0n) is 19.4. The lowest BCUT2D eigenvalue weighted by Gasteiger charge is -2.34. The molecule has 0 aliphatic carbocycles. The molecule has 2 aromatic rings. The monoisotopic (exact) mass is 432 g/mol. The van der Waals surface area contributed by atoms with Crippen molar-refractivity contribution < 1.29 is 14.7 Å². The molecule has 1 atom stereocenters. The molecule has 0 spiro atoms. The molecule has 2 aliphatic rings. The Balaban J connectivity index is 1.81. The highest BCUT2D eigenvalue weighted by Gasteiger charge is 2.43. The average molecular weight is 433 g/mol. The molecule has 1 N–H and O–H groups in total. The average Bonchev–Trinajstić information content (AvgIpc) is 3.03. The first-order chi connectivity index (χ1) is 15.3. The molecule has 2 aromatic carbocycles. The van der Waals surface area contributed by atoms with Crippen molar-refractivity contribution in [1.82, 2.24) is 4.90 Å². The Bertz CT molecular complexity index is 1070. The van der Waals surface area contributed by atoms with E-state index in [-0.39, 0.29) is 24.3 Å². The van der Waals surface area contributed by atoms with Crippen molar-refractivity contribution in [3.05, 3.63) is 70.4 Å². The number of anilines is 1. The normalized spacial score (nSPS) is 19.5. The minimum atomic E-state index is -0.277. The number of carbonyl (C=O) groups excluding carboxylic acids is 2. The third-order valence-corrected chi connectivity index (χ3v) is 6.62.